The molecule has 0 radical (unpaired) electrons. The van der Waals surface area contributed by atoms with Crippen LogP contribution in [-0.4, -0.2) is 54.9 Å². The van der Waals surface area contributed by atoms with Crippen LogP contribution in [-0.2, 0) is 16.1 Å². The lowest BCUT2D eigenvalue weighted by atomic mass is 10.2. The molecule has 1 aliphatic heterocycles. The lowest BCUT2D eigenvalue weighted by Crippen LogP contribution is -2.49. The molecule has 0 unspecified atom stereocenters. The number of hydrogen-bond acceptors (Lipinski definition) is 5. The zero-order valence-corrected chi connectivity index (χ0v) is 16.4. The predicted molar refractivity (Wildman–Crippen MR) is 105 cm³/mol. The first-order chi connectivity index (χ1) is 12.5. The van der Waals surface area contributed by atoms with Gasteiger partial charge in [-0.15, -0.1) is 0 Å². The molecule has 2 rings (SSSR count). The van der Waals surface area contributed by atoms with Crippen LogP contribution >= 0.6 is 12.2 Å². The van der Waals surface area contributed by atoms with Gasteiger partial charge < -0.3 is 14.8 Å². The number of carbonyl (C=O) groups excluding carboxylic acids is 1. The lowest BCUT2D eigenvalue weighted by molar-refractivity contribution is -0.123. The first-order valence-electron chi connectivity index (χ1n) is 8.79. The Bertz CT molecular complexity index is 587. The molecule has 1 aliphatic rings. The van der Waals surface area contributed by atoms with Crippen LogP contribution in [0.3, 0.4) is 0 Å². The van der Waals surface area contributed by atoms with E-state index in [-0.39, 0.29) is 18.1 Å². The van der Waals surface area contributed by atoms with Crippen LogP contribution in [0.4, 0.5) is 0 Å². The van der Waals surface area contributed by atoms with Crippen molar-refractivity contribution in [2.75, 3.05) is 26.7 Å². The van der Waals surface area contributed by atoms with Gasteiger partial charge in [-0.1, -0.05) is 12.1 Å². The summed E-state index contributed by atoms with van der Waals surface area (Å²) in [7, 11) is 1.63. The van der Waals surface area contributed by atoms with Crippen molar-refractivity contribution in [3.05, 3.63) is 29.8 Å². The molecule has 1 fully saturated rings. The van der Waals surface area contributed by atoms with E-state index >= 15 is 0 Å². The fraction of sp³-hybridized carbons (Fsp3) is 0.556. The van der Waals surface area contributed by atoms with Gasteiger partial charge in [0.1, 0.15) is 5.75 Å². The fourth-order valence-corrected chi connectivity index (χ4v) is 3.01. The van der Waals surface area contributed by atoms with Crippen LogP contribution in [0.25, 0.3) is 0 Å². The molecule has 7 nitrogen and oxygen atoms in total. The van der Waals surface area contributed by atoms with Crippen LogP contribution in [0.2, 0.25) is 0 Å². The maximum atomic E-state index is 12.0. The first-order valence-corrected chi connectivity index (χ1v) is 9.20. The zero-order valence-electron chi connectivity index (χ0n) is 15.6. The summed E-state index contributed by atoms with van der Waals surface area (Å²) in [6, 6.07) is 7.69. The van der Waals surface area contributed by atoms with E-state index in [1.165, 1.54) is 0 Å². The highest BCUT2D eigenvalue weighted by Crippen LogP contribution is 2.11. The number of nitrogens with one attached hydrogen (secondary N) is 3. The van der Waals surface area contributed by atoms with Crippen LogP contribution in [0, 0.1) is 0 Å². The number of hydrogen-bond donors (Lipinski definition) is 3. The van der Waals surface area contributed by atoms with E-state index in [9.17, 15) is 4.79 Å². The van der Waals surface area contributed by atoms with E-state index in [0.717, 1.165) is 24.4 Å². The van der Waals surface area contributed by atoms with Crippen LogP contribution in [0.15, 0.2) is 24.3 Å². The van der Waals surface area contributed by atoms with E-state index < -0.39 is 0 Å². The van der Waals surface area contributed by atoms with Gasteiger partial charge in [0.05, 0.1) is 19.3 Å². The van der Waals surface area contributed by atoms with Crippen LogP contribution in [0.5, 0.6) is 5.75 Å². The quantitative estimate of drug-likeness (QED) is 0.506. The largest absolute Gasteiger partial charge is 0.497 e. The second-order valence-electron chi connectivity index (χ2n) is 6.47. The minimum atomic E-state index is -0.0922. The minimum Gasteiger partial charge on any atom is -0.497 e. The number of rotatable bonds is 6. The van der Waals surface area contributed by atoms with E-state index in [0.29, 0.717) is 24.6 Å². The number of nitrogens with zero attached hydrogens (tertiary/aromatic N) is 1. The number of benzene rings is 1. The molecule has 0 aliphatic carbocycles. The normalized spacial score (nSPS) is 20.3. The van der Waals surface area contributed by atoms with Crippen molar-refractivity contribution in [2.24, 2.45) is 0 Å². The highest BCUT2D eigenvalue weighted by atomic mass is 32.1. The Balaban J connectivity index is 1.61. The second-order valence-corrected chi connectivity index (χ2v) is 6.88. The Morgan fingerprint density at radius 3 is 2.50 bits per heavy atom. The van der Waals surface area contributed by atoms with E-state index in [1.54, 1.807) is 7.11 Å². The summed E-state index contributed by atoms with van der Waals surface area (Å²) in [5.41, 5.74) is 6.43. The molecule has 8 heteroatoms. The summed E-state index contributed by atoms with van der Waals surface area (Å²) in [5.74, 6) is 0.719. The number of methoxy groups -OCH3 is 1. The van der Waals surface area contributed by atoms with Gasteiger partial charge in [0.25, 0.3) is 0 Å². The molecule has 1 amide bonds. The summed E-state index contributed by atoms with van der Waals surface area (Å²) in [6.07, 6.45) is 0.817. The van der Waals surface area contributed by atoms with Crippen molar-refractivity contribution in [1.29, 1.82) is 0 Å². The summed E-state index contributed by atoms with van der Waals surface area (Å²) in [6.45, 7) is 7.08. The summed E-state index contributed by atoms with van der Waals surface area (Å²) in [4.78, 5) is 14.2. The molecule has 26 heavy (non-hydrogen) atoms. The van der Waals surface area contributed by atoms with Gasteiger partial charge in [-0.05, 0) is 43.8 Å². The number of carbonyl (C=O) groups is 1. The van der Waals surface area contributed by atoms with E-state index in [2.05, 4.69) is 34.9 Å². The first kappa shape index (κ1) is 20.4. The third-order valence-electron chi connectivity index (χ3n) is 4.08. The van der Waals surface area contributed by atoms with Gasteiger partial charge in [-0.2, -0.15) is 0 Å². The predicted octanol–water partition coefficient (Wildman–Crippen LogP) is 1.19. The van der Waals surface area contributed by atoms with Gasteiger partial charge in [0, 0.05) is 32.6 Å². The van der Waals surface area contributed by atoms with Crippen molar-refractivity contribution in [2.45, 2.75) is 39.0 Å². The summed E-state index contributed by atoms with van der Waals surface area (Å²) >= 11 is 5.17. The molecule has 144 valence electrons. The molecule has 1 saturated heterocycles. The molecule has 3 N–H and O–H groups in total. The Labute approximate surface area is 160 Å². The number of amides is 1. The van der Waals surface area contributed by atoms with Crippen molar-refractivity contribution < 1.29 is 14.3 Å². The number of thiocarbonyl (C=S) groups is 1. The van der Waals surface area contributed by atoms with E-state index in [1.807, 2.05) is 24.3 Å². The summed E-state index contributed by atoms with van der Waals surface area (Å²) < 4.78 is 10.8. The average Bonchev–Trinajstić information content (AvgIpc) is 2.62. The van der Waals surface area contributed by atoms with Gasteiger partial charge in [-0.25, -0.2) is 0 Å². The average molecular weight is 381 g/mol. The van der Waals surface area contributed by atoms with Crippen molar-refractivity contribution >= 4 is 23.2 Å². The maximum absolute atomic E-state index is 12.0. The van der Waals surface area contributed by atoms with Gasteiger partial charge >= 0.3 is 0 Å². The monoisotopic (exact) mass is 380 g/mol. The van der Waals surface area contributed by atoms with Gasteiger partial charge in [0.15, 0.2) is 5.11 Å². The molecule has 0 aromatic heterocycles. The van der Waals surface area contributed by atoms with Gasteiger partial charge in [0.2, 0.25) is 5.91 Å². The molecule has 0 spiro atoms. The number of morpholine rings is 1. The minimum absolute atomic E-state index is 0.0922. The Morgan fingerprint density at radius 1 is 1.23 bits per heavy atom. The second kappa shape index (κ2) is 10.3. The highest BCUT2D eigenvalue weighted by molar-refractivity contribution is 7.80. The van der Waals surface area contributed by atoms with Gasteiger partial charge in [-0.3, -0.25) is 20.5 Å². The number of ether oxygens (including phenoxy) is 2. The molecule has 1 heterocycles. The molecular formula is C18H28N4O3S. The standard InChI is InChI=1S/C18H28N4O3S/c1-13-11-22(12-14(2)25-13)9-8-17(23)20-21-18(26)19-10-15-4-6-16(24-3)7-5-15/h4-7,13-14H,8-12H2,1-3H3,(H,20,23)(H2,19,21,26)/t13-,14+. The Kier molecular flexibility index (Phi) is 8.08. The molecule has 1 aromatic rings. The molecule has 0 bridgehead atoms. The van der Waals surface area contributed by atoms with Crippen LogP contribution < -0.4 is 20.9 Å². The molecule has 1 aromatic carbocycles. The molecule has 0 saturated carbocycles. The Morgan fingerprint density at radius 2 is 1.88 bits per heavy atom. The van der Waals surface area contributed by atoms with Crippen LogP contribution in [0.1, 0.15) is 25.8 Å². The maximum Gasteiger partial charge on any atom is 0.239 e. The highest BCUT2D eigenvalue weighted by Gasteiger charge is 2.22. The van der Waals surface area contributed by atoms with Crippen molar-refractivity contribution in [3.63, 3.8) is 0 Å². The SMILES string of the molecule is COc1ccc(CNC(=S)NNC(=O)CCN2C[C@@H](C)O[C@@H](C)C2)cc1. The topological polar surface area (TPSA) is 74.9 Å². The lowest BCUT2D eigenvalue weighted by Gasteiger charge is -2.35. The van der Waals surface area contributed by atoms with Crippen molar-refractivity contribution in [1.82, 2.24) is 21.1 Å². The number of hydrazine groups is 1. The van der Waals surface area contributed by atoms with Crippen molar-refractivity contribution in [3.8, 4) is 5.75 Å². The fourth-order valence-electron chi connectivity index (χ4n) is 2.89. The smallest absolute Gasteiger partial charge is 0.239 e. The van der Waals surface area contributed by atoms with E-state index in [4.69, 9.17) is 21.7 Å². The Hall–Kier alpha value is -1.90. The zero-order chi connectivity index (χ0) is 18.9. The molecular weight excluding hydrogens is 352 g/mol. The summed E-state index contributed by atoms with van der Waals surface area (Å²) in [5, 5.41) is 3.42. The third kappa shape index (κ3) is 7.15. The molecule has 2 atom stereocenters. The third-order valence-corrected chi connectivity index (χ3v) is 4.32.